The number of amides is 1. The Morgan fingerprint density at radius 3 is 2.50 bits per heavy atom. The zero-order valence-corrected chi connectivity index (χ0v) is 9.12. The van der Waals surface area contributed by atoms with Crippen LogP contribution in [0, 0.1) is 5.92 Å². The van der Waals surface area contributed by atoms with E-state index in [2.05, 4.69) is 5.32 Å². The van der Waals surface area contributed by atoms with Crippen LogP contribution < -0.4 is 11.1 Å². The van der Waals surface area contributed by atoms with Gasteiger partial charge in [-0.2, -0.15) is 0 Å². The number of hydrogen-bond acceptors (Lipinski definition) is 3. The summed E-state index contributed by atoms with van der Waals surface area (Å²) in [7, 11) is 0. The Hall–Kier alpha value is -0.610. The standard InChI is InChI=1S/C10H22N2O2/c1-3-5-8(6-11)10(14)12-9(4-2)7-13/h8-9,13H,3-7,11H2,1-2H3,(H,12,14). The predicted octanol–water partition coefficient (Wildman–Crippen LogP) is 0.249. The van der Waals surface area contributed by atoms with Crippen molar-refractivity contribution in [2.45, 2.75) is 39.2 Å². The molecule has 0 radical (unpaired) electrons. The third kappa shape index (κ3) is 4.58. The molecule has 84 valence electrons. The summed E-state index contributed by atoms with van der Waals surface area (Å²) in [5.41, 5.74) is 5.50. The molecule has 0 aliphatic rings. The monoisotopic (exact) mass is 202 g/mol. The molecule has 0 aromatic heterocycles. The Balaban J connectivity index is 4.01. The van der Waals surface area contributed by atoms with E-state index in [4.69, 9.17) is 10.8 Å². The summed E-state index contributed by atoms with van der Waals surface area (Å²) >= 11 is 0. The van der Waals surface area contributed by atoms with Gasteiger partial charge in [0, 0.05) is 6.54 Å². The maximum Gasteiger partial charge on any atom is 0.224 e. The number of rotatable bonds is 7. The Labute approximate surface area is 85.9 Å². The van der Waals surface area contributed by atoms with Crippen LogP contribution in [0.1, 0.15) is 33.1 Å². The Bertz CT molecular complexity index is 158. The van der Waals surface area contributed by atoms with Gasteiger partial charge in [0.15, 0.2) is 0 Å². The number of hydrogen-bond donors (Lipinski definition) is 3. The van der Waals surface area contributed by atoms with Crippen molar-refractivity contribution >= 4 is 5.91 Å². The van der Waals surface area contributed by atoms with Gasteiger partial charge in [-0.1, -0.05) is 20.3 Å². The molecule has 0 saturated heterocycles. The molecule has 4 N–H and O–H groups in total. The van der Waals surface area contributed by atoms with Crippen molar-refractivity contribution in [2.24, 2.45) is 11.7 Å². The fourth-order valence-corrected chi connectivity index (χ4v) is 1.30. The van der Waals surface area contributed by atoms with Crippen LogP contribution in [0.15, 0.2) is 0 Å². The van der Waals surface area contributed by atoms with Crippen LogP contribution in [0.25, 0.3) is 0 Å². The lowest BCUT2D eigenvalue weighted by atomic mass is 10.0. The number of nitrogens with one attached hydrogen (secondary N) is 1. The van der Waals surface area contributed by atoms with Crippen molar-refractivity contribution in [3.05, 3.63) is 0 Å². The highest BCUT2D eigenvalue weighted by molar-refractivity contribution is 5.79. The summed E-state index contributed by atoms with van der Waals surface area (Å²) in [5, 5.41) is 11.7. The molecule has 0 fully saturated rings. The second-order valence-electron chi connectivity index (χ2n) is 3.52. The van der Waals surface area contributed by atoms with Crippen LogP contribution in [-0.2, 0) is 4.79 Å². The summed E-state index contributed by atoms with van der Waals surface area (Å²) < 4.78 is 0. The van der Waals surface area contributed by atoms with E-state index in [9.17, 15) is 4.79 Å². The predicted molar refractivity (Wildman–Crippen MR) is 56.8 cm³/mol. The van der Waals surface area contributed by atoms with Gasteiger partial charge in [-0.15, -0.1) is 0 Å². The Kier molecular flexibility index (Phi) is 7.42. The molecule has 0 heterocycles. The fraction of sp³-hybridized carbons (Fsp3) is 0.900. The van der Waals surface area contributed by atoms with Crippen LogP contribution in [0.5, 0.6) is 0 Å². The Morgan fingerprint density at radius 1 is 1.50 bits per heavy atom. The molecule has 0 spiro atoms. The molecular weight excluding hydrogens is 180 g/mol. The first-order valence-corrected chi connectivity index (χ1v) is 5.30. The van der Waals surface area contributed by atoms with Gasteiger partial charge in [0.2, 0.25) is 5.91 Å². The first-order valence-electron chi connectivity index (χ1n) is 5.30. The first kappa shape index (κ1) is 13.4. The maximum atomic E-state index is 11.6. The molecule has 2 atom stereocenters. The smallest absolute Gasteiger partial charge is 0.224 e. The van der Waals surface area contributed by atoms with Gasteiger partial charge in [-0.25, -0.2) is 0 Å². The molecule has 0 aromatic carbocycles. The molecule has 2 unspecified atom stereocenters. The van der Waals surface area contributed by atoms with Gasteiger partial charge in [0.05, 0.1) is 18.6 Å². The first-order chi connectivity index (χ1) is 6.69. The van der Waals surface area contributed by atoms with Gasteiger partial charge >= 0.3 is 0 Å². The number of nitrogens with two attached hydrogens (primary N) is 1. The van der Waals surface area contributed by atoms with Crippen LogP contribution in [-0.4, -0.2) is 30.2 Å². The van der Waals surface area contributed by atoms with E-state index in [1.54, 1.807) is 0 Å². The molecule has 0 aromatic rings. The van der Waals surface area contributed by atoms with E-state index in [1.165, 1.54) is 0 Å². The summed E-state index contributed by atoms with van der Waals surface area (Å²) in [6.45, 7) is 4.32. The second-order valence-corrected chi connectivity index (χ2v) is 3.52. The van der Waals surface area contributed by atoms with Gasteiger partial charge in [-0.3, -0.25) is 4.79 Å². The van der Waals surface area contributed by atoms with E-state index < -0.39 is 0 Å². The third-order valence-corrected chi connectivity index (χ3v) is 2.35. The second kappa shape index (κ2) is 7.76. The highest BCUT2D eigenvalue weighted by Gasteiger charge is 2.17. The average molecular weight is 202 g/mol. The zero-order chi connectivity index (χ0) is 11.0. The lowest BCUT2D eigenvalue weighted by Gasteiger charge is -2.18. The van der Waals surface area contributed by atoms with Crippen molar-refractivity contribution in [3.63, 3.8) is 0 Å². The summed E-state index contributed by atoms with van der Waals surface area (Å²) in [6.07, 6.45) is 2.50. The van der Waals surface area contributed by atoms with Crippen molar-refractivity contribution < 1.29 is 9.90 Å². The van der Waals surface area contributed by atoms with Crippen molar-refractivity contribution in [1.82, 2.24) is 5.32 Å². The molecule has 14 heavy (non-hydrogen) atoms. The van der Waals surface area contributed by atoms with E-state index in [0.717, 1.165) is 19.3 Å². The highest BCUT2D eigenvalue weighted by atomic mass is 16.3. The molecule has 0 saturated carbocycles. The summed E-state index contributed by atoms with van der Waals surface area (Å²) in [5.74, 6) is -0.143. The molecule has 0 rings (SSSR count). The summed E-state index contributed by atoms with van der Waals surface area (Å²) in [6, 6.07) is -0.131. The van der Waals surface area contributed by atoms with Gasteiger partial charge < -0.3 is 16.2 Å². The van der Waals surface area contributed by atoms with Crippen LogP contribution >= 0.6 is 0 Å². The zero-order valence-electron chi connectivity index (χ0n) is 9.12. The third-order valence-electron chi connectivity index (χ3n) is 2.35. The molecule has 0 bridgehead atoms. The summed E-state index contributed by atoms with van der Waals surface area (Å²) in [4.78, 5) is 11.6. The van der Waals surface area contributed by atoms with Gasteiger partial charge in [-0.05, 0) is 12.8 Å². The minimum Gasteiger partial charge on any atom is -0.394 e. The molecule has 4 nitrogen and oxygen atoms in total. The molecular formula is C10H22N2O2. The number of carbonyl (C=O) groups is 1. The van der Waals surface area contributed by atoms with Crippen LogP contribution in [0.3, 0.4) is 0 Å². The average Bonchev–Trinajstić information content (AvgIpc) is 2.22. The minimum atomic E-state index is -0.131. The SMILES string of the molecule is CCCC(CN)C(=O)NC(CC)CO. The quantitative estimate of drug-likeness (QED) is 0.554. The molecule has 1 amide bonds. The fourth-order valence-electron chi connectivity index (χ4n) is 1.30. The Morgan fingerprint density at radius 2 is 2.14 bits per heavy atom. The lowest BCUT2D eigenvalue weighted by Crippen LogP contribution is -2.42. The minimum absolute atomic E-state index is 0.00828. The van der Waals surface area contributed by atoms with E-state index in [0.29, 0.717) is 6.54 Å². The maximum absolute atomic E-state index is 11.6. The number of aliphatic hydroxyl groups excluding tert-OH is 1. The van der Waals surface area contributed by atoms with Crippen LogP contribution in [0.4, 0.5) is 0 Å². The molecule has 0 aliphatic carbocycles. The topological polar surface area (TPSA) is 75.4 Å². The van der Waals surface area contributed by atoms with E-state index in [1.807, 2.05) is 13.8 Å². The van der Waals surface area contributed by atoms with Crippen LogP contribution in [0.2, 0.25) is 0 Å². The van der Waals surface area contributed by atoms with Gasteiger partial charge in [0.1, 0.15) is 0 Å². The normalized spacial score (nSPS) is 14.9. The van der Waals surface area contributed by atoms with E-state index >= 15 is 0 Å². The van der Waals surface area contributed by atoms with Crippen molar-refractivity contribution in [3.8, 4) is 0 Å². The highest BCUT2D eigenvalue weighted by Crippen LogP contribution is 2.05. The lowest BCUT2D eigenvalue weighted by molar-refractivity contribution is -0.126. The number of carbonyl (C=O) groups excluding carboxylic acids is 1. The van der Waals surface area contributed by atoms with Crippen molar-refractivity contribution in [2.75, 3.05) is 13.2 Å². The number of aliphatic hydroxyl groups is 1. The molecule has 4 heteroatoms. The van der Waals surface area contributed by atoms with Gasteiger partial charge in [0.25, 0.3) is 0 Å². The molecule has 0 aliphatic heterocycles. The largest absolute Gasteiger partial charge is 0.394 e. The van der Waals surface area contributed by atoms with E-state index in [-0.39, 0.29) is 24.5 Å². The van der Waals surface area contributed by atoms with Crippen molar-refractivity contribution in [1.29, 1.82) is 0 Å².